The number of methoxy groups -OCH3 is 2. The van der Waals surface area contributed by atoms with Gasteiger partial charge in [-0.1, -0.05) is 12.8 Å². The van der Waals surface area contributed by atoms with Crippen LogP contribution < -0.4 is 14.8 Å². The average Bonchev–Trinajstić information content (AvgIpc) is 3.23. The summed E-state index contributed by atoms with van der Waals surface area (Å²) in [6, 6.07) is 6.65. The molecule has 4 nitrogen and oxygen atoms in total. The maximum absolute atomic E-state index is 5.37. The molecule has 1 saturated carbocycles. The zero-order valence-corrected chi connectivity index (χ0v) is 13.9. The van der Waals surface area contributed by atoms with Gasteiger partial charge in [0.1, 0.15) is 5.01 Å². The second-order valence-corrected chi connectivity index (χ2v) is 6.67. The van der Waals surface area contributed by atoms with Crippen molar-refractivity contribution in [3.63, 3.8) is 0 Å². The van der Waals surface area contributed by atoms with Gasteiger partial charge in [0.05, 0.1) is 19.1 Å². The van der Waals surface area contributed by atoms with Gasteiger partial charge >= 0.3 is 0 Å². The molecule has 0 unspecified atom stereocenters. The van der Waals surface area contributed by atoms with Crippen LogP contribution in [0.5, 0.6) is 11.5 Å². The SMILES string of the molecule is COc1ccc(-c2cnc(CNC3CCCC3)s2)cc1OC. The summed E-state index contributed by atoms with van der Waals surface area (Å²) in [6.45, 7) is 0.864. The van der Waals surface area contributed by atoms with Gasteiger partial charge in [-0.3, -0.25) is 0 Å². The molecule has 0 bridgehead atoms. The van der Waals surface area contributed by atoms with E-state index in [1.54, 1.807) is 25.6 Å². The predicted octanol–water partition coefficient (Wildman–Crippen LogP) is 3.86. The summed E-state index contributed by atoms with van der Waals surface area (Å²) in [5, 5.41) is 4.74. The van der Waals surface area contributed by atoms with E-state index < -0.39 is 0 Å². The zero-order valence-electron chi connectivity index (χ0n) is 13.1. The molecule has 1 heterocycles. The van der Waals surface area contributed by atoms with Gasteiger partial charge < -0.3 is 14.8 Å². The second-order valence-electron chi connectivity index (χ2n) is 5.55. The smallest absolute Gasteiger partial charge is 0.161 e. The van der Waals surface area contributed by atoms with E-state index in [0.717, 1.165) is 33.5 Å². The highest BCUT2D eigenvalue weighted by atomic mass is 32.1. The number of rotatable bonds is 6. The van der Waals surface area contributed by atoms with Crippen molar-refractivity contribution in [1.82, 2.24) is 10.3 Å². The molecule has 0 radical (unpaired) electrons. The van der Waals surface area contributed by atoms with Crippen molar-refractivity contribution in [2.75, 3.05) is 14.2 Å². The highest BCUT2D eigenvalue weighted by Crippen LogP contribution is 2.34. The Labute approximate surface area is 135 Å². The van der Waals surface area contributed by atoms with Gasteiger partial charge in [0.15, 0.2) is 11.5 Å². The van der Waals surface area contributed by atoms with Crippen LogP contribution >= 0.6 is 11.3 Å². The van der Waals surface area contributed by atoms with E-state index in [0.29, 0.717) is 6.04 Å². The van der Waals surface area contributed by atoms with Gasteiger partial charge in [-0.05, 0) is 36.6 Å². The Morgan fingerprint density at radius 2 is 1.95 bits per heavy atom. The lowest BCUT2D eigenvalue weighted by Crippen LogP contribution is -2.25. The second kappa shape index (κ2) is 7.11. The molecule has 0 amide bonds. The third kappa shape index (κ3) is 3.42. The number of hydrogen-bond acceptors (Lipinski definition) is 5. The lowest BCUT2D eigenvalue weighted by atomic mass is 10.2. The summed E-state index contributed by atoms with van der Waals surface area (Å²) in [4.78, 5) is 5.69. The minimum Gasteiger partial charge on any atom is -0.493 e. The topological polar surface area (TPSA) is 43.4 Å². The van der Waals surface area contributed by atoms with Crippen LogP contribution in [0, 0.1) is 0 Å². The van der Waals surface area contributed by atoms with E-state index in [-0.39, 0.29) is 0 Å². The standard InChI is InChI=1S/C17H22N2O2S/c1-20-14-8-7-12(9-15(14)21-2)16-10-19-17(22-16)11-18-13-5-3-4-6-13/h7-10,13,18H,3-6,11H2,1-2H3. The average molecular weight is 318 g/mol. The molecular weight excluding hydrogens is 296 g/mol. The molecule has 0 aliphatic heterocycles. The Bertz CT molecular complexity index is 621. The minimum atomic E-state index is 0.674. The number of nitrogens with one attached hydrogen (secondary N) is 1. The fraction of sp³-hybridized carbons (Fsp3) is 0.471. The maximum atomic E-state index is 5.37. The lowest BCUT2D eigenvalue weighted by Gasteiger charge is -2.09. The number of nitrogens with zero attached hydrogens (tertiary/aromatic N) is 1. The highest BCUT2D eigenvalue weighted by Gasteiger charge is 2.15. The van der Waals surface area contributed by atoms with Crippen LogP contribution in [0.3, 0.4) is 0 Å². The molecule has 3 rings (SSSR count). The number of hydrogen-bond donors (Lipinski definition) is 1. The first-order chi connectivity index (χ1) is 10.8. The van der Waals surface area contributed by atoms with Gasteiger partial charge in [-0.15, -0.1) is 11.3 Å². The van der Waals surface area contributed by atoms with Crippen LogP contribution in [0.15, 0.2) is 24.4 Å². The molecule has 1 fully saturated rings. The lowest BCUT2D eigenvalue weighted by molar-refractivity contribution is 0.355. The molecule has 1 aliphatic rings. The Morgan fingerprint density at radius 3 is 2.68 bits per heavy atom. The van der Waals surface area contributed by atoms with Crippen LogP contribution in [-0.2, 0) is 6.54 Å². The van der Waals surface area contributed by atoms with E-state index in [1.165, 1.54) is 25.7 Å². The number of benzene rings is 1. The quantitative estimate of drug-likeness (QED) is 0.878. The van der Waals surface area contributed by atoms with Crippen LogP contribution in [0.2, 0.25) is 0 Å². The summed E-state index contributed by atoms with van der Waals surface area (Å²) in [6.07, 6.45) is 7.25. The van der Waals surface area contributed by atoms with Crippen molar-refractivity contribution >= 4 is 11.3 Å². The predicted molar refractivity (Wildman–Crippen MR) is 89.7 cm³/mol. The van der Waals surface area contributed by atoms with Crippen LogP contribution in [-0.4, -0.2) is 25.2 Å². The zero-order chi connectivity index (χ0) is 15.4. The van der Waals surface area contributed by atoms with Gasteiger partial charge in [-0.2, -0.15) is 0 Å². The van der Waals surface area contributed by atoms with Crippen molar-refractivity contribution in [2.24, 2.45) is 0 Å². The van der Waals surface area contributed by atoms with Crippen molar-refractivity contribution in [1.29, 1.82) is 0 Å². The summed E-state index contributed by atoms with van der Waals surface area (Å²) < 4.78 is 10.6. The fourth-order valence-electron chi connectivity index (χ4n) is 2.88. The van der Waals surface area contributed by atoms with Gasteiger partial charge in [0, 0.05) is 18.8 Å². The third-order valence-corrected chi connectivity index (χ3v) is 5.17. The maximum Gasteiger partial charge on any atom is 0.161 e. The number of ether oxygens (including phenoxy) is 2. The van der Waals surface area contributed by atoms with E-state index in [9.17, 15) is 0 Å². The molecule has 0 spiro atoms. The summed E-state index contributed by atoms with van der Waals surface area (Å²) in [5.74, 6) is 1.50. The Hall–Kier alpha value is -1.59. The third-order valence-electron chi connectivity index (χ3n) is 4.12. The molecule has 22 heavy (non-hydrogen) atoms. The first-order valence-corrected chi connectivity index (χ1v) is 8.52. The van der Waals surface area contributed by atoms with Gasteiger partial charge in [0.25, 0.3) is 0 Å². The Kier molecular flexibility index (Phi) is 4.95. The normalized spacial score (nSPS) is 15.2. The molecular formula is C17H22N2O2S. The molecule has 5 heteroatoms. The first kappa shape index (κ1) is 15.3. The molecule has 1 aromatic heterocycles. The van der Waals surface area contributed by atoms with Gasteiger partial charge in [-0.25, -0.2) is 4.98 Å². The molecule has 0 saturated heterocycles. The van der Waals surface area contributed by atoms with Crippen molar-refractivity contribution in [2.45, 2.75) is 38.3 Å². The molecule has 0 atom stereocenters. The van der Waals surface area contributed by atoms with E-state index >= 15 is 0 Å². The molecule has 1 N–H and O–H groups in total. The summed E-state index contributed by atoms with van der Waals surface area (Å²) in [7, 11) is 3.31. The van der Waals surface area contributed by atoms with Crippen LogP contribution in [0.1, 0.15) is 30.7 Å². The van der Waals surface area contributed by atoms with Crippen LogP contribution in [0.4, 0.5) is 0 Å². The molecule has 2 aromatic rings. The van der Waals surface area contributed by atoms with Crippen molar-refractivity contribution in [3.05, 3.63) is 29.4 Å². The van der Waals surface area contributed by atoms with E-state index in [1.807, 2.05) is 24.4 Å². The Morgan fingerprint density at radius 1 is 1.18 bits per heavy atom. The summed E-state index contributed by atoms with van der Waals surface area (Å²) in [5.41, 5.74) is 1.11. The molecule has 1 aliphatic carbocycles. The van der Waals surface area contributed by atoms with Crippen LogP contribution in [0.25, 0.3) is 10.4 Å². The van der Waals surface area contributed by atoms with Crippen molar-refractivity contribution < 1.29 is 9.47 Å². The first-order valence-electron chi connectivity index (χ1n) is 7.70. The molecule has 118 valence electrons. The number of aromatic nitrogens is 1. The fourth-order valence-corrected chi connectivity index (χ4v) is 3.74. The Balaban J connectivity index is 1.70. The van der Waals surface area contributed by atoms with Gasteiger partial charge in [0.2, 0.25) is 0 Å². The largest absolute Gasteiger partial charge is 0.493 e. The minimum absolute atomic E-state index is 0.674. The number of thiazole rings is 1. The summed E-state index contributed by atoms with van der Waals surface area (Å²) >= 11 is 1.73. The highest BCUT2D eigenvalue weighted by molar-refractivity contribution is 7.15. The van der Waals surface area contributed by atoms with Crippen molar-refractivity contribution in [3.8, 4) is 21.9 Å². The monoisotopic (exact) mass is 318 g/mol. The molecule has 1 aromatic carbocycles. The van der Waals surface area contributed by atoms with E-state index in [2.05, 4.69) is 10.3 Å². The van der Waals surface area contributed by atoms with E-state index in [4.69, 9.17) is 9.47 Å².